The van der Waals surface area contributed by atoms with Crippen molar-refractivity contribution in [3.63, 3.8) is 0 Å². The minimum Gasteiger partial charge on any atom is -0.292 e. The number of benzene rings is 1. The lowest BCUT2D eigenvalue weighted by molar-refractivity contribution is 0.0985. The Kier molecular flexibility index (Phi) is 4.00. The van der Waals surface area contributed by atoms with Gasteiger partial charge < -0.3 is 0 Å². The second-order valence-electron chi connectivity index (χ2n) is 4.16. The molecule has 0 saturated carbocycles. The van der Waals surface area contributed by atoms with Crippen molar-refractivity contribution in [2.24, 2.45) is 0 Å². The van der Waals surface area contributed by atoms with Crippen LogP contribution in [0.5, 0.6) is 0 Å². The number of hydrogen-bond acceptors (Lipinski definition) is 2. The molecule has 0 unspecified atom stereocenters. The molecule has 0 fully saturated rings. The maximum Gasteiger partial charge on any atom is 0.186 e. The molecule has 1 aromatic carbocycles. The maximum atomic E-state index is 13.5. The molecule has 0 spiro atoms. The third kappa shape index (κ3) is 2.84. The zero-order chi connectivity index (χ0) is 13.8. The average molecular weight is 261 g/mol. The van der Waals surface area contributed by atoms with Gasteiger partial charge in [0, 0.05) is 18.2 Å². The zero-order valence-corrected chi connectivity index (χ0v) is 10.5. The van der Waals surface area contributed by atoms with E-state index in [-0.39, 0.29) is 23.5 Å². The van der Waals surface area contributed by atoms with Crippen LogP contribution in [0.2, 0.25) is 0 Å². The lowest BCUT2D eigenvalue weighted by atomic mass is 10.0. The molecule has 0 aliphatic heterocycles. The molecule has 0 N–H and O–H groups in total. The summed E-state index contributed by atoms with van der Waals surface area (Å²) < 4.78 is 27.0. The van der Waals surface area contributed by atoms with Crippen molar-refractivity contribution in [2.75, 3.05) is 0 Å². The van der Waals surface area contributed by atoms with Gasteiger partial charge in [0.1, 0.15) is 17.3 Å². The summed E-state index contributed by atoms with van der Waals surface area (Å²) in [5.74, 6) is -1.79. The summed E-state index contributed by atoms with van der Waals surface area (Å²) in [7, 11) is 0. The number of hydrogen-bond donors (Lipinski definition) is 0. The molecule has 0 aliphatic rings. The Labute approximate surface area is 110 Å². The summed E-state index contributed by atoms with van der Waals surface area (Å²) in [4.78, 5) is 16.1. The molecular formula is C15H13F2NO. The largest absolute Gasteiger partial charge is 0.292 e. The van der Waals surface area contributed by atoms with Gasteiger partial charge in [-0.05, 0) is 30.2 Å². The van der Waals surface area contributed by atoms with Gasteiger partial charge in [-0.1, -0.05) is 19.1 Å². The molecule has 2 rings (SSSR count). The van der Waals surface area contributed by atoms with E-state index in [2.05, 4.69) is 4.98 Å². The van der Waals surface area contributed by atoms with Crippen molar-refractivity contribution in [1.29, 1.82) is 0 Å². The predicted octanol–water partition coefficient (Wildman–Crippen LogP) is 3.35. The van der Waals surface area contributed by atoms with Crippen molar-refractivity contribution >= 4 is 5.78 Å². The number of aromatic nitrogens is 1. The topological polar surface area (TPSA) is 30.0 Å². The average Bonchev–Trinajstić information content (AvgIpc) is 2.42. The van der Waals surface area contributed by atoms with Crippen LogP contribution in [0.25, 0.3) is 0 Å². The van der Waals surface area contributed by atoms with E-state index >= 15 is 0 Å². The molecule has 19 heavy (non-hydrogen) atoms. The van der Waals surface area contributed by atoms with E-state index in [0.717, 1.165) is 17.7 Å². The third-order valence-electron chi connectivity index (χ3n) is 2.94. The smallest absolute Gasteiger partial charge is 0.186 e. The highest BCUT2D eigenvalue weighted by molar-refractivity contribution is 5.97. The lowest BCUT2D eigenvalue weighted by Crippen LogP contribution is -2.11. The number of Topliss-reactive ketones (excluding diaryl/α,β-unsaturated/α-hetero) is 1. The predicted molar refractivity (Wildman–Crippen MR) is 68.0 cm³/mol. The molecule has 98 valence electrons. The molecule has 0 atom stereocenters. The first-order valence-electron chi connectivity index (χ1n) is 6.03. The number of nitrogens with zero attached hydrogens (tertiary/aromatic N) is 1. The van der Waals surface area contributed by atoms with Crippen LogP contribution in [0.15, 0.2) is 36.5 Å². The molecule has 0 aliphatic carbocycles. The Hall–Kier alpha value is -2.10. The third-order valence-corrected chi connectivity index (χ3v) is 2.94. The first-order chi connectivity index (χ1) is 9.13. The number of carbonyl (C=O) groups is 1. The van der Waals surface area contributed by atoms with Gasteiger partial charge in [0.2, 0.25) is 0 Å². The van der Waals surface area contributed by atoms with E-state index in [1.807, 2.05) is 6.92 Å². The van der Waals surface area contributed by atoms with Crippen molar-refractivity contribution in [3.8, 4) is 0 Å². The monoisotopic (exact) mass is 261 g/mol. The summed E-state index contributed by atoms with van der Waals surface area (Å²) in [5, 5.41) is 0. The van der Waals surface area contributed by atoms with E-state index in [4.69, 9.17) is 0 Å². The summed E-state index contributed by atoms with van der Waals surface area (Å²) in [6, 6.07) is 7.09. The Morgan fingerprint density at radius 1 is 1.16 bits per heavy atom. The van der Waals surface area contributed by atoms with Gasteiger partial charge in [-0.3, -0.25) is 9.78 Å². The Morgan fingerprint density at radius 3 is 2.47 bits per heavy atom. The molecule has 1 heterocycles. The summed E-state index contributed by atoms with van der Waals surface area (Å²) in [6.45, 7) is 1.90. The molecule has 0 amide bonds. The molecular weight excluding hydrogens is 248 g/mol. The van der Waals surface area contributed by atoms with Gasteiger partial charge in [-0.2, -0.15) is 0 Å². The summed E-state index contributed by atoms with van der Waals surface area (Å²) in [5.41, 5.74) is 0.858. The van der Waals surface area contributed by atoms with Crippen molar-refractivity contribution in [2.45, 2.75) is 19.8 Å². The summed E-state index contributed by atoms with van der Waals surface area (Å²) in [6.07, 6.45) is 1.83. The zero-order valence-electron chi connectivity index (χ0n) is 10.5. The van der Waals surface area contributed by atoms with E-state index in [9.17, 15) is 13.6 Å². The van der Waals surface area contributed by atoms with Crippen LogP contribution in [0.1, 0.15) is 28.5 Å². The lowest BCUT2D eigenvalue weighted by Gasteiger charge is -2.07. The number of ketones is 1. The number of carbonyl (C=O) groups excluding carboxylic acids is 1. The van der Waals surface area contributed by atoms with Crippen LogP contribution in [-0.2, 0) is 12.8 Å². The van der Waals surface area contributed by atoms with Crippen LogP contribution in [0, 0.1) is 11.6 Å². The number of rotatable bonds is 4. The Bertz CT molecular complexity index is 591. The van der Waals surface area contributed by atoms with E-state index < -0.39 is 11.6 Å². The fourth-order valence-electron chi connectivity index (χ4n) is 1.92. The van der Waals surface area contributed by atoms with Gasteiger partial charge in [0.15, 0.2) is 5.78 Å². The molecule has 4 heteroatoms. The molecule has 0 radical (unpaired) electrons. The molecule has 1 aromatic heterocycles. The second-order valence-corrected chi connectivity index (χ2v) is 4.16. The first kappa shape index (κ1) is 13.3. The SMILES string of the molecule is CCc1cccnc1C(=O)Cc1c(F)cccc1F. The van der Waals surface area contributed by atoms with Gasteiger partial charge in [0.25, 0.3) is 0 Å². The highest BCUT2D eigenvalue weighted by Gasteiger charge is 2.17. The minimum atomic E-state index is -0.706. The van der Waals surface area contributed by atoms with Crippen LogP contribution in [-0.4, -0.2) is 10.8 Å². The van der Waals surface area contributed by atoms with Gasteiger partial charge in [0.05, 0.1) is 0 Å². The van der Waals surface area contributed by atoms with Crippen LogP contribution < -0.4 is 0 Å². The van der Waals surface area contributed by atoms with Gasteiger partial charge in [-0.25, -0.2) is 8.78 Å². The number of halogens is 2. The molecule has 0 bridgehead atoms. The van der Waals surface area contributed by atoms with Crippen LogP contribution in [0.3, 0.4) is 0 Å². The standard InChI is InChI=1S/C15H13F2NO/c1-2-10-5-4-8-18-15(10)14(19)9-11-12(16)6-3-7-13(11)17/h3-8H,2,9H2,1H3. The van der Waals surface area contributed by atoms with Crippen molar-refractivity contribution in [1.82, 2.24) is 4.98 Å². The second kappa shape index (κ2) is 5.69. The molecule has 2 aromatic rings. The van der Waals surface area contributed by atoms with Gasteiger partial charge in [-0.15, -0.1) is 0 Å². The van der Waals surface area contributed by atoms with E-state index in [0.29, 0.717) is 6.42 Å². The highest BCUT2D eigenvalue weighted by atomic mass is 19.1. The summed E-state index contributed by atoms with van der Waals surface area (Å²) >= 11 is 0. The van der Waals surface area contributed by atoms with E-state index in [1.54, 1.807) is 12.1 Å². The van der Waals surface area contributed by atoms with E-state index in [1.165, 1.54) is 12.3 Å². The highest BCUT2D eigenvalue weighted by Crippen LogP contribution is 2.16. The van der Waals surface area contributed by atoms with Crippen molar-refractivity contribution in [3.05, 3.63) is 65.0 Å². The van der Waals surface area contributed by atoms with Crippen LogP contribution >= 0.6 is 0 Å². The normalized spacial score (nSPS) is 10.5. The quantitative estimate of drug-likeness (QED) is 0.790. The number of aryl methyl sites for hydroxylation is 1. The first-order valence-corrected chi connectivity index (χ1v) is 6.03. The Morgan fingerprint density at radius 2 is 1.84 bits per heavy atom. The van der Waals surface area contributed by atoms with Crippen LogP contribution in [0.4, 0.5) is 8.78 Å². The van der Waals surface area contributed by atoms with Gasteiger partial charge >= 0.3 is 0 Å². The molecule has 0 saturated heterocycles. The molecule has 2 nitrogen and oxygen atoms in total. The Balaban J connectivity index is 2.31. The van der Waals surface area contributed by atoms with Crippen molar-refractivity contribution < 1.29 is 13.6 Å². The maximum absolute atomic E-state index is 13.5. The fraction of sp³-hybridized carbons (Fsp3) is 0.200. The fourth-order valence-corrected chi connectivity index (χ4v) is 1.92. The minimum absolute atomic E-state index is 0.208. The number of pyridine rings is 1.